The molecule has 2 aliphatic rings. The quantitative estimate of drug-likeness (QED) is 0.515. The molecule has 0 fully saturated rings. The Balaban J connectivity index is 2.13. The second-order valence-corrected chi connectivity index (χ2v) is 12.1. The summed E-state index contributed by atoms with van der Waals surface area (Å²) in [6.07, 6.45) is 0.836. The molecule has 1 aromatic rings. The molecule has 1 heterocycles. The molecule has 1 atom stereocenters. The van der Waals surface area contributed by atoms with Crippen molar-refractivity contribution in [2.24, 2.45) is 0 Å². The molecular formula is C17H16Cl2O6S2. The zero-order chi connectivity index (χ0) is 20.1. The molecule has 0 N–H and O–H groups in total. The molecule has 0 radical (unpaired) electrons. The van der Waals surface area contributed by atoms with Crippen LogP contribution in [0.25, 0.3) is 0 Å². The van der Waals surface area contributed by atoms with Crippen molar-refractivity contribution >= 4 is 54.4 Å². The monoisotopic (exact) mass is 450 g/mol. The standard InChI is InChI=1S/C17H16Cl2O6S2/c1-2-26(22,23)14-8-10-13(27(14,24)25)7-6-9(16(10)19)17(21)15-11(18)4-3-5-12(15)20/h6-7,14H,2-5,8H2,1H3. The molecule has 1 aliphatic heterocycles. The Morgan fingerprint density at radius 1 is 1.22 bits per heavy atom. The van der Waals surface area contributed by atoms with Crippen LogP contribution < -0.4 is 0 Å². The van der Waals surface area contributed by atoms with E-state index in [1.54, 1.807) is 0 Å². The van der Waals surface area contributed by atoms with Gasteiger partial charge in [-0.05, 0) is 30.5 Å². The summed E-state index contributed by atoms with van der Waals surface area (Å²) in [5.74, 6) is -1.38. The van der Waals surface area contributed by atoms with Crippen LogP contribution in [0.15, 0.2) is 27.6 Å². The van der Waals surface area contributed by atoms with E-state index < -0.39 is 30.0 Å². The fraction of sp³-hybridized carbons (Fsp3) is 0.412. The molecule has 0 bridgehead atoms. The van der Waals surface area contributed by atoms with Crippen molar-refractivity contribution in [1.82, 2.24) is 0 Å². The Labute approximate surface area is 167 Å². The lowest BCUT2D eigenvalue weighted by molar-refractivity contribution is -0.115. The Morgan fingerprint density at radius 3 is 2.48 bits per heavy atom. The lowest BCUT2D eigenvalue weighted by Gasteiger charge is -2.15. The molecular weight excluding hydrogens is 435 g/mol. The number of carbonyl (C=O) groups excluding carboxylic acids is 2. The third kappa shape index (κ3) is 3.26. The van der Waals surface area contributed by atoms with Gasteiger partial charge in [-0.25, -0.2) is 16.8 Å². The van der Waals surface area contributed by atoms with Gasteiger partial charge in [0.05, 0.1) is 15.5 Å². The predicted octanol–water partition coefficient (Wildman–Crippen LogP) is 2.86. The number of allylic oxidation sites excluding steroid dienone is 2. The first-order chi connectivity index (χ1) is 12.5. The number of hydrogen-bond acceptors (Lipinski definition) is 6. The van der Waals surface area contributed by atoms with E-state index in [9.17, 15) is 26.4 Å². The summed E-state index contributed by atoms with van der Waals surface area (Å²) in [7, 11) is -7.99. The smallest absolute Gasteiger partial charge is 0.199 e. The van der Waals surface area contributed by atoms with Gasteiger partial charge in [0.2, 0.25) is 0 Å². The van der Waals surface area contributed by atoms with E-state index in [1.165, 1.54) is 19.1 Å². The van der Waals surface area contributed by atoms with E-state index in [1.807, 2.05) is 0 Å². The first kappa shape index (κ1) is 20.5. The minimum atomic E-state index is -4.12. The number of rotatable bonds is 4. The molecule has 0 amide bonds. The third-order valence-corrected chi connectivity index (χ3v) is 10.9. The van der Waals surface area contributed by atoms with Gasteiger partial charge in [-0.15, -0.1) is 0 Å². The molecule has 3 rings (SSSR count). The summed E-state index contributed by atoms with van der Waals surface area (Å²) in [5.41, 5.74) is -0.101. The number of hydrogen-bond donors (Lipinski definition) is 0. The van der Waals surface area contributed by atoms with Crippen LogP contribution in [-0.4, -0.2) is 38.7 Å². The molecule has 0 saturated heterocycles. The van der Waals surface area contributed by atoms with Crippen LogP contribution in [0.5, 0.6) is 0 Å². The van der Waals surface area contributed by atoms with Gasteiger partial charge < -0.3 is 0 Å². The van der Waals surface area contributed by atoms with Crippen molar-refractivity contribution in [2.75, 3.05) is 5.75 Å². The lowest BCUT2D eigenvalue weighted by Crippen LogP contribution is -2.29. The molecule has 10 heteroatoms. The van der Waals surface area contributed by atoms with Gasteiger partial charge >= 0.3 is 0 Å². The summed E-state index contributed by atoms with van der Waals surface area (Å²) in [5, 5.41) is 0.0112. The van der Waals surface area contributed by atoms with E-state index in [-0.39, 0.29) is 56.0 Å². The first-order valence-corrected chi connectivity index (χ1v) is 12.3. The van der Waals surface area contributed by atoms with Crippen LogP contribution in [0.2, 0.25) is 5.02 Å². The second kappa shape index (κ2) is 6.99. The molecule has 27 heavy (non-hydrogen) atoms. The van der Waals surface area contributed by atoms with Crippen molar-refractivity contribution in [2.45, 2.75) is 42.1 Å². The molecule has 1 unspecified atom stereocenters. The first-order valence-electron chi connectivity index (χ1n) is 8.25. The Bertz CT molecular complexity index is 1100. The average Bonchev–Trinajstić information content (AvgIpc) is 2.87. The minimum Gasteiger partial charge on any atom is -0.294 e. The van der Waals surface area contributed by atoms with Crippen molar-refractivity contribution in [3.05, 3.63) is 38.9 Å². The van der Waals surface area contributed by atoms with E-state index in [2.05, 4.69) is 0 Å². The number of benzene rings is 1. The van der Waals surface area contributed by atoms with Gasteiger partial charge in [0.1, 0.15) is 0 Å². The molecule has 1 aliphatic carbocycles. The number of sulfone groups is 2. The highest BCUT2D eigenvalue weighted by Crippen LogP contribution is 2.41. The SMILES string of the molecule is CCS(=O)(=O)C1Cc2c(ccc(C(=O)C3=C(Cl)CCCC3=O)c2Cl)S1(=O)=O. The topological polar surface area (TPSA) is 102 Å². The maximum absolute atomic E-state index is 12.8. The average molecular weight is 451 g/mol. The summed E-state index contributed by atoms with van der Waals surface area (Å²) in [6.45, 7) is 1.37. The summed E-state index contributed by atoms with van der Waals surface area (Å²) in [6, 6.07) is 2.39. The van der Waals surface area contributed by atoms with E-state index in [4.69, 9.17) is 23.2 Å². The molecule has 1 aromatic carbocycles. The number of ketones is 2. The predicted molar refractivity (Wildman–Crippen MR) is 102 cm³/mol. The lowest BCUT2D eigenvalue weighted by atomic mass is 9.91. The van der Waals surface area contributed by atoms with E-state index in [0.717, 1.165) is 0 Å². The maximum atomic E-state index is 12.8. The number of halogens is 2. The highest BCUT2D eigenvalue weighted by Gasteiger charge is 2.46. The molecule has 0 spiro atoms. The Morgan fingerprint density at radius 2 is 1.89 bits per heavy atom. The highest BCUT2D eigenvalue weighted by atomic mass is 35.5. The Kier molecular flexibility index (Phi) is 5.31. The summed E-state index contributed by atoms with van der Waals surface area (Å²) >= 11 is 12.4. The maximum Gasteiger partial charge on any atom is 0.199 e. The number of carbonyl (C=O) groups is 2. The minimum absolute atomic E-state index is 0.0523. The fourth-order valence-electron chi connectivity index (χ4n) is 3.35. The van der Waals surface area contributed by atoms with E-state index in [0.29, 0.717) is 12.8 Å². The van der Waals surface area contributed by atoms with Crippen molar-refractivity contribution in [3.63, 3.8) is 0 Å². The fourth-order valence-corrected chi connectivity index (χ4v) is 8.57. The largest absolute Gasteiger partial charge is 0.294 e. The van der Waals surface area contributed by atoms with Crippen LogP contribution in [0, 0.1) is 0 Å². The highest BCUT2D eigenvalue weighted by molar-refractivity contribution is 8.09. The Hall–Kier alpha value is -1.22. The van der Waals surface area contributed by atoms with Gasteiger partial charge in [-0.1, -0.05) is 30.1 Å². The number of fused-ring (bicyclic) bond motifs is 1. The van der Waals surface area contributed by atoms with Gasteiger partial charge in [-0.2, -0.15) is 0 Å². The van der Waals surface area contributed by atoms with Crippen LogP contribution in [0.3, 0.4) is 0 Å². The molecule has 146 valence electrons. The second-order valence-electron chi connectivity index (χ2n) is 6.42. The van der Waals surface area contributed by atoms with Crippen LogP contribution in [-0.2, 0) is 30.9 Å². The summed E-state index contributed by atoms with van der Waals surface area (Å²) in [4.78, 5) is 24.7. The van der Waals surface area contributed by atoms with Crippen LogP contribution in [0.1, 0.15) is 42.1 Å². The molecule has 0 aromatic heterocycles. The van der Waals surface area contributed by atoms with E-state index >= 15 is 0 Å². The van der Waals surface area contributed by atoms with Crippen molar-refractivity contribution in [1.29, 1.82) is 0 Å². The molecule has 0 saturated carbocycles. The molecule has 6 nitrogen and oxygen atoms in total. The zero-order valence-electron chi connectivity index (χ0n) is 14.3. The van der Waals surface area contributed by atoms with Crippen LogP contribution >= 0.6 is 23.2 Å². The van der Waals surface area contributed by atoms with Gasteiger partial charge in [0, 0.05) is 29.2 Å². The van der Waals surface area contributed by atoms with Crippen molar-refractivity contribution < 1.29 is 26.4 Å². The normalized spacial score (nSPS) is 22.0. The third-order valence-electron chi connectivity index (χ3n) is 4.85. The van der Waals surface area contributed by atoms with Gasteiger partial charge in [-0.3, -0.25) is 9.59 Å². The zero-order valence-corrected chi connectivity index (χ0v) is 17.4. The summed E-state index contributed by atoms with van der Waals surface area (Å²) < 4.78 is 48.0. The number of Topliss-reactive ketones (excluding diaryl/α,β-unsaturated/α-hetero) is 2. The van der Waals surface area contributed by atoms with Crippen molar-refractivity contribution in [3.8, 4) is 0 Å². The van der Waals surface area contributed by atoms with Gasteiger partial charge in [0.15, 0.2) is 35.8 Å². The van der Waals surface area contributed by atoms with Crippen LogP contribution in [0.4, 0.5) is 0 Å². The van der Waals surface area contributed by atoms with Gasteiger partial charge in [0.25, 0.3) is 0 Å².